The number of amides is 2. The van der Waals surface area contributed by atoms with Gasteiger partial charge in [0.2, 0.25) is 0 Å². The van der Waals surface area contributed by atoms with Crippen molar-refractivity contribution in [3.8, 4) is 0 Å². The molecule has 0 bridgehead atoms. The summed E-state index contributed by atoms with van der Waals surface area (Å²) in [6, 6.07) is 12.7. The number of hydrogen-bond acceptors (Lipinski definition) is 4. The Bertz CT molecular complexity index is 720. The van der Waals surface area contributed by atoms with Crippen molar-refractivity contribution >= 4 is 29.2 Å². The zero-order valence-corrected chi connectivity index (χ0v) is 13.9. The molecule has 1 aliphatic rings. The normalized spacial score (nSPS) is 15.2. The first kappa shape index (κ1) is 16.4. The van der Waals surface area contributed by atoms with Gasteiger partial charge in [-0.3, -0.25) is 9.59 Å². The summed E-state index contributed by atoms with van der Waals surface area (Å²) in [6.45, 7) is 2.10. The largest absolute Gasteiger partial charge is 0.378 e. The molecule has 0 aliphatic carbocycles. The SMILES string of the molecule is O=C(NC(=Cc1cccs1)C(=O)N1CCOCC1)c1ccccc1. The van der Waals surface area contributed by atoms with E-state index in [-0.39, 0.29) is 17.5 Å². The summed E-state index contributed by atoms with van der Waals surface area (Å²) >= 11 is 1.52. The highest BCUT2D eigenvalue weighted by molar-refractivity contribution is 7.10. The van der Waals surface area contributed by atoms with Gasteiger partial charge in [-0.05, 0) is 29.7 Å². The van der Waals surface area contributed by atoms with Crippen LogP contribution >= 0.6 is 11.3 Å². The van der Waals surface area contributed by atoms with E-state index in [0.717, 1.165) is 4.88 Å². The van der Waals surface area contributed by atoms with Crippen molar-refractivity contribution in [1.82, 2.24) is 10.2 Å². The molecule has 2 heterocycles. The maximum Gasteiger partial charge on any atom is 0.270 e. The van der Waals surface area contributed by atoms with E-state index in [1.165, 1.54) is 11.3 Å². The predicted octanol–water partition coefficient (Wildman–Crippen LogP) is 2.38. The van der Waals surface area contributed by atoms with Gasteiger partial charge in [-0.1, -0.05) is 24.3 Å². The van der Waals surface area contributed by atoms with Crippen molar-refractivity contribution in [1.29, 1.82) is 0 Å². The first-order chi connectivity index (χ1) is 11.7. The van der Waals surface area contributed by atoms with Crippen molar-refractivity contribution in [2.45, 2.75) is 0 Å². The molecule has 1 fully saturated rings. The minimum Gasteiger partial charge on any atom is -0.378 e. The van der Waals surface area contributed by atoms with E-state index < -0.39 is 0 Å². The fraction of sp³-hybridized carbons (Fsp3) is 0.222. The van der Waals surface area contributed by atoms with E-state index in [1.54, 1.807) is 35.2 Å². The molecular weight excluding hydrogens is 324 g/mol. The summed E-state index contributed by atoms with van der Waals surface area (Å²) < 4.78 is 5.29. The van der Waals surface area contributed by atoms with Crippen LogP contribution < -0.4 is 5.32 Å². The maximum atomic E-state index is 12.8. The molecule has 0 atom stereocenters. The highest BCUT2D eigenvalue weighted by atomic mass is 32.1. The molecule has 24 heavy (non-hydrogen) atoms. The smallest absolute Gasteiger partial charge is 0.270 e. The fourth-order valence-corrected chi connectivity index (χ4v) is 3.05. The number of carbonyl (C=O) groups is 2. The third kappa shape index (κ3) is 4.10. The van der Waals surface area contributed by atoms with Gasteiger partial charge in [0.1, 0.15) is 5.70 Å². The quantitative estimate of drug-likeness (QED) is 0.868. The standard InChI is InChI=1S/C18H18N2O3S/c21-17(14-5-2-1-3-6-14)19-16(13-15-7-4-12-24-15)18(22)20-8-10-23-11-9-20/h1-7,12-13H,8-11H2,(H,19,21). The van der Waals surface area contributed by atoms with Crippen LogP contribution in [-0.4, -0.2) is 43.0 Å². The van der Waals surface area contributed by atoms with E-state index in [0.29, 0.717) is 31.9 Å². The molecule has 0 radical (unpaired) electrons. The number of thiophene rings is 1. The topological polar surface area (TPSA) is 58.6 Å². The van der Waals surface area contributed by atoms with Crippen LogP contribution in [0.1, 0.15) is 15.2 Å². The van der Waals surface area contributed by atoms with Crippen LogP contribution in [0.25, 0.3) is 6.08 Å². The molecule has 124 valence electrons. The number of nitrogens with zero attached hydrogens (tertiary/aromatic N) is 1. The molecule has 6 heteroatoms. The van der Waals surface area contributed by atoms with Crippen molar-refractivity contribution in [2.75, 3.05) is 26.3 Å². The van der Waals surface area contributed by atoms with Crippen LogP contribution in [0.15, 0.2) is 53.5 Å². The second-order valence-corrected chi connectivity index (χ2v) is 6.28. The van der Waals surface area contributed by atoms with Crippen LogP contribution in [0.3, 0.4) is 0 Å². The van der Waals surface area contributed by atoms with Gasteiger partial charge in [-0.15, -0.1) is 11.3 Å². The Hall–Kier alpha value is -2.44. The Kier molecular flexibility index (Phi) is 5.40. The monoisotopic (exact) mass is 342 g/mol. The minimum absolute atomic E-state index is 0.184. The number of carbonyl (C=O) groups excluding carboxylic acids is 2. The van der Waals surface area contributed by atoms with E-state index in [2.05, 4.69) is 5.32 Å². The minimum atomic E-state index is -0.292. The van der Waals surface area contributed by atoms with Crippen molar-refractivity contribution in [3.63, 3.8) is 0 Å². The Morgan fingerprint density at radius 3 is 2.50 bits per heavy atom. The lowest BCUT2D eigenvalue weighted by Gasteiger charge is -2.27. The van der Waals surface area contributed by atoms with Crippen LogP contribution in [0, 0.1) is 0 Å². The molecular formula is C18H18N2O3S. The van der Waals surface area contributed by atoms with Gasteiger partial charge in [0, 0.05) is 23.5 Å². The number of ether oxygens (including phenoxy) is 1. The highest BCUT2D eigenvalue weighted by Crippen LogP contribution is 2.15. The van der Waals surface area contributed by atoms with Crippen molar-refractivity contribution < 1.29 is 14.3 Å². The van der Waals surface area contributed by atoms with Crippen molar-refractivity contribution in [3.05, 3.63) is 64.0 Å². The summed E-state index contributed by atoms with van der Waals surface area (Å²) in [6.07, 6.45) is 1.73. The molecule has 1 saturated heterocycles. The Morgan fingerprint density at radius 1 is 1.08 bits per heavy atom. The molecule has 2 amide bonds. The van der Waals surface area contributed by atoms with Gasteiger partial charge in [-0.25, -0.2) is 0 Å². The summed E-state index contributed by atoms with van der Waals surface area (Å²) in [7, 11) is 0. The zero-order valence-electron chi connectivity index (χ0n) is 13.1. The third-order valence-corrected chi connectivity index (χ3v) is 4.46. The molecule has 0 spiro atoms. The van der Waals surface area contributed by atoms with E-state index in [4.69, 9.17) is 4.74 Å². The number of hydrogen-bond donors (Lipinski definition) is 1. The van der Waals surface area contributed by atoms with Gasteiger partial charge in [0.25, 0.3) is 11.8 Å². The molecule has 3 rings (SSSR count). The van der Waals surface area contributed by atoms with E-state index >= 15 is 0 Å². The second kappa shape index (κ2) is 7.90. The lowest BCUT2D eigenvalue weighted by atomic mass is 10.2. The second-order valence-electron chi connectivity index (χ2n) is 5.30. The maximum absolute atomic E-state index is 12.8. The number of nitrogens with one attached hydrogen (secondary N) is 1. The number of benzene rings is 1. The van der Waals surface area contributed by atoms with Crippen LogP contribution in [0.4, 0.5) is 0 Å². The lowest BCUT2D eigenvalue weighted by Crippen LogP contribution is -2.44. The van der Waals surface area contributed by atoms with Crippen molar-refractivity contribution in [2.24, 2.45) is 0 Å². The van der Waals surface area contributed by atoms with Crippen LogP contribution in [0.5, 0.6) is 0 Å². The molecule has 0 unspecified atom stereocenters. The first-order valence-electron chi connectivity index (χ1n) is 7.72. The Morgan fingerprint density at radius 2 is 1.83 bits per heavy atom. The molecule has 1 N–H and O–H groups in total. The van der Waals surface area contributed by atoms with Crippen LogP contribution in [0.2, 0.25) is 0 Å². The number of morpholine rings is 1. The average molecular weight is 342 g/mol. The molecule has 1 aromatic heterocycles. The van der Waals surface area contributed by atoms with E-state index in [9.17, 15) is 9.59 Å². The summed E-state index contributed by atoms with van der Waals surface area (Å²) in [5, 5.41) is 4.70. The number of rotatable bonds is 4. The summed E-state index contributed by atoms with van der Waals surface area (Å²) in [5.74, 6) is -0.476. The Labute approximate surface area is 144 Å². The molecule has 2 aromatic rings. The fourth-order valence-electron chi connectivity index (χ4n) is 2.39. The summed E-state index contributed by atoms with van der Waals surface area (Å²) in [4.78, 5) is 27.8. The van der Waals surface area contributed by atoms with E-state index in [1.807, 2.05) is 23.6 Å². The molecule has 0 saturated carbocycles. The highest BCUT2D eigenvalue weighted by Gasteiger charge is 2.22. The third-order valence-electron chi connectivity index (χ3n) is 3.64. The van der Waals surface area contributed by atoms with Gasteiger partial charge in [0.05, 0.1) is 13.2 Å². The molecule has 5 nitrogen and oxygen atoms in total. The molecule has 1 aliphatic heterocycles. The van der Waals surface area contributed by atoms with Gasteiger partial charge in [-0.2, -0.15) is 0 Å². The average Bonchev–Trinajstić information content (AvgIpc) is 3.15. The summed E-state index contributed by atoms with van der Waals surface area (Å²) in [5.41, 5.74) is 0.803. The van der Waals surface area contributed by atoms with Gasteiger partial charge < -0.3 is 15.0 Å². The zero-order chi connectivity index (χ0) is 16.8. The predicted molar refractivity (Wildman–Crippen MR) is 93.6 cm³/mol. The van der Waals surface area contributed by atoms with Crippen LogP contribution in [-0.2, 0) is 9.53 Å². The molecule has 1 aromatic carbocycles. The first-order valence-corrected chi connectivity index (χ1v) is 8.60. The Balaban J connectivity index is 1.82. The van der Waals surface area contributed by atoms with Gasteiger partial charge >= 0.3 is 0 Å². The van der Waals surface area contributed by atoms with Gasteiger partial charge in [0.15, 0.2) is 0 Å². The lowest BCUT2D eigenvalue weighted by molar-refractivity contribution is -0.131.